The van der Waals surface area contributed by atoms with Crippen LogP contribution < -0.4 is 0 Å². The molecule has 27 heavy (non-hydrogen) atoms. The molecule has 1 aliphatic heterocycles. The Bertz CT molecular complexity index is 934. The van der Waals surface area contributed by atoms with E-state index in [1.807, 2.05) is 11.0 Å². The van der Waals surface area contributed by atoms with Gasteiger partial charge in [0.15, 0.2) is 0 Å². The lowest BCUT2D eigenvalue weighted by Gasteiger charge is -2.33. The molecule has 0 unspecified atom stereocenters. The lowest BCUT2D eigenvalue weighted by atomic mass is 10.0. The van der Waals surface area contributed by atoms with Gasteiger partial charge >= 0.3 is 0 Å². The highest BCUT2D eigenvalue weighted by molar-refractivity contribution is 5.77. The molecule has 4 nitrogen and oxygen atoms in total. The van der Waals surface area contributed by atoms with Crippen molar-refractivity contribution in [1.82, 2.24) is 14.5 Å². The summed E-state index contributed by atoms with van der Waals surface area (Å²) in [5.74, 6) is 1.35. The van der Waals surface area contributed by atoms with Crippen LogP contribution >= 0.6 is 0 Å². The van der Waals surface area contributed by atoms with Gasteiger partial charge in [0.2, 0.25) is 5.91 Å². The number of aryl methyl sites for hydroxylation is 3. The van der Waals surface area contributed by atoms with Crippen molar-refractivity contribution in [2.24, 2.45) is 0 Å². The lowest BCUT2D eigenvalue weighted by Crippen LogP contribution is -2.39. The maximum atomic E-state index is 12.6. The van der Waals surface area contributed by atoms with Crippen LogP contribution in [-0.4, -0.2) is 33.4 Å². The van der Waals surface area contributed by atoms with Gasteiger partial charge in [0.05, 0.1) is 11.0 Å². The number of aromatic nitrogens is 2. The minimum atomic E-state index is 0.279. The van der Waals surface area contributed by atoms with Crippen LogP contribution in [0, 0.1) is 13.8 Å². The fraction of sp³-hybridized carbons (Fsp3) is 0.391. The number of fused-ring (bicyclic) bond motifs is 1. The molecule has 2 heterocycles. The van der Waals surface area contributed by atoms with Gasteiger partial charge < -0.3 is 9.47 Å². The largest absolute Gasteiger partial charge is 0.343 e. The summed E-state index contributed by atoms with van der Waals surface area (Å²) >= 11 is 0. The van der Waals surface area contributed by atoms with Crippen LogP contribution in [-0.2, 0) is 11.2 Å². The maximum Gasteiger partial charge on any atom is 0.222 e. The summed E-state index contributed by atoms with van der Waals surface area (Å²) < 4.78 is 2.36. The van der Waals surface area contributed by atoms with Gasteiger partial charge in [0.25, 0.3) is 0 Å². The minimum Gasteiger partial charge on any atom is -0.343 e. The molecule has 0 N–H and O–H groups in total. The van der Waals surface area contributed by atoms with Gasteiger partial charge in [0.1, 0.15) is 5.82 Å². The van der Waals surface area contributed by atoms with E-state index in [-0.39, 0.29) is 5.91 Å². The molecule has 0 atom stereocenters. The second-order valence-electron chi connectivity index (χ2n) is 7.62. The number of nitrogens with zero attached hydrogens (tertiary/aromatic N) is 3. The molecule has 0 spiro atoms. The quantitative estimate of drug-likeness (QED) is 0.688. The molecular formula is C23H27N3O. The molecule has 0 radical (unpaired) electrons. The molecule has 1 saturated heterocycles. The van der Waals surface area contributed by atoms with E-state index in [9.17, 15) is 4.79 Å². The van der Waals surface area contributed by atoms with Crippen LogP contribution in [0.2, 0.25) is 0 Å². The Labute approximate surface area is 160 Å². The van der Waals surface area contributed by atoms with E-state index in [0.717, 1.165) is 43.7 Å². The van der Waals surface area contributed by atoms with E-state index < -0.39 is 0 Å². The third-order valence-corrected chi connectivity index (χ3v) is 5.70. The van der Waals surface area contributed by atoms with Crippen molar-refractivity contribution in [3.63, 3.8) is 0 Å². The summed E-state index contributed by atoms with van der Waals surface area (Å²) in [5, 5.41) is 0. The zero-order chi connectivity index (χ0) is 18.8. The Morgan fingerprint density at radius 3 is 2.48 bits per heavy atom. The molecule has 0 bridgehead atoms. The predicted octanol–water partition coefficient (Wildman–Crippen LogP) is 4.45. The average molecular weight is 361 g/mol. The SMILES string of the molecule is Cc1ccc(CCC(=O)N2CCC(n3c(C)nc4ccccc43)CC2)cc1. The fourth-order valence-corrected chi connectivity index (χ4v) is 4.16. The van der Waals surface area contributed by atoms with Crippen molar-refractivity contribution in [3.8, 4) is 0 Å². The molecule has 4 heteroatoms. The first-order valence-corrected chi connectivity index (χ1v) is 9.89. The van der Waals surface area contributed by atoms with Crippen molar-refractivity contribution in [2.75, 3.05) is 13.1 Å². The maximum absolute atomic E-state index is 12.6. The summed E-state index contributed by atoms with van der Waals surface area (Å²) in [6.07, 6.45) is 3.42. The second-order valence-corrected chi connectivity index (χ2v) is 7.62. The first kappa shape index (κ1) is 17.8. The smallest absolute Gasteiger partial charge is 0.222 e. The van der Waals surface area contributed by atoms with E-state index in [1.54, 1.807) is 0 Å². The number of rotatable bonds is 4. The minimum absolute atomic E-state index is 0.279. The Kier molecular flexibility index (Phi) is 4.97. The summed E-state index contributed by atoms with van der Waals surface area (Å²) in [6.45, 7) is 5.84. The zero-order valence-electron chi connectivity index (χ0n) is 16.2. The van der Waals surface area contributed by atoms with Crippen LogP contribution in [0.5, 0.6) is 0 Å². The number of amides is 1. The van der Waals surface area contributed by atoms with Crippen LogP contribution in [0.3, 0.4) is 0 Å². The molecule has 0 saturated carbocycles. The van der Waals surface area contributed by atoms with Crippen molar-refractivity contribution < 1.29 is 4.79 Å². The van der Waals surface area contributed by atoms with Crippen LogP contribution in [0.25, 0.3) is 11.0 Å². The van der Waals surface area contributed by atoms with E-state index >= 15 is 0 Å². The fourth-order valence-electron chi connectivity index (χ4n) is 4.16. The number of imidazole rings is 1. The number of hydrogen-bond acceptors (Lipinski definition) is 2. The molecule has 1 aromatic heterocycles. The van der Waals surface area contributed by atoms with E-state index in [2.05, 4.69) is 60.9 Å². The number of piperidine rings is 1. The van der Waals surface area contributed by atoms with E-state index in [4.69, 9.17) is 4.98 Å². The van der Waals surface area contributed by atoms with Gasteiger partial charge in [0, 0.05) is 25.6 Å². The third kappa shape index (κ3) is 3.75. The molecule has 2 aromatic carbocycles. The number of hydrogen-bond donors (Lipinski definition) is 0. The van der Waals surface area contributed by atoms with E-state index in [0.29, 0.717) is 12.5 Å². The van der Waals surface area contributed by atoms with Crippen molar-refractivity contribution >= 4 is 16.9 Å². The number of para-hydroxylation sites is 2. The monoisotopic (exact) mass is 361 g/mol. The summed E-state index contributed by atoms with van der Waals surface area (Å²) in [5.41, 5.74) is 4.77. The summed E-state index contributed by atoms with van der Waals surface area (Å²) in [4.78, 5) is 19.4. The average Bonchev–Trinajstić information content (AvgIpc) is 3.03. The highest BCUT2D eigenvalue weighted by Gasteiger charge is 2.25. The van der Waals surface area contributed by atoms with Gasteiger partial charge in [-0.1, -0.05) is 42.0 Å². The number of benzene rings is 2. The van der Waals surface area contributed by atoms with Crippen molar-refractivity contribution in [2.45, 2.75) is 45.6 Å². The van der Waals surface area contributed by atoms with Crippen molar-refractivity contribution in [3.05, 3.63) is 65.5 Å². The molecule has 140 valence electrons. The first-order chi connectivity index (χ1) is 13.1. The number of carbonyl (C=O) groups is 1. The molecule has 0 aliphatic carbocycles. The normalized spacial score (nSPS) is 15.4. The van der Waals surface area contributed by atoms with Crippen molar-refractivity contribution in [1.29, 1.82) is 0 Å². The number of likely N-dealkylation sites (tertiary alicyclic amines) is 1. The van der Waals surface area contributed by atoms with Gasteiger partial charge in [-0.15, -0.1) is 0 Å². The molecular weight excluding hydrogens is 334 g/mol. The highest BCUT2D eigenvalue weighted by atomic mass is 16.2. The van der Waals surface area contributed by atoms with Gasteiger partial charge in [-0.2, -0.15) is 0 Å². The van der Waals surface area contributed by atoms with Gasteiger partial charge in [-0.25, -0.2) is 4.98 Å². The zero-order valence-corrected chi connectivity index (χ0v) is 16.2. The summed E-state index contributed by atoms with van der Waals surface area (Å²) in [7, 11) is 0. The molecule has 1 aliphatic rings. The molecule has 1 fully saturated rings. The molecule has 3 aromatic rings. The molecule has 4 rings (SSSR count). The Morgan fingerprint density at radius 1 is 1.04 bits per heavy atom. The van der Waals surface area contributed by atoms with Crippen LogP contribution in [0.1, 0.15) is 42.3 Å². The van der Waals surface area contributed by atoms with Crippen LogP contribution in [0.15, 0.2) is 48.5 Å². The first-order valence-electron chi connectivity index (χ1n) is 9.89. The standard InChI is InChI=1S/C23H27N3O/c1-17-7-9-19(10-8-17)11-12-23(27)25-15-13-20(14-16-25)26-18(2)24-21-5-3-4-6-22(21)26/h3-10,20H,11-16H2,1-2H3. The molecule has 1 amide bonds. The van der Waals surface area contributed by atoms with Gasteiger partial charge in [-0.05, 0) is 50.8 Å². The second kappa shape index (κ2) is 7.55. The Hall–Kier alpha value is -2.62. The predicted molar refractivity (Wildman–Crippen MR) is 109 cm³/mol. The Balaban J connectivity index is 1.36. The van der Waals surface area contributed by atoms with E-state index in [1.165, 1.54) is 16.6 Å². The highest BCUT2D eigenvalue weighted by Crippen LogP contribution is 2.28. The lowest BCUT2D eigenvalue weighted by molar-refractivity contribution is -0.132. The van der Waals surface area contributed by atoms with Crippen LogP contribution in [0.4, 0.5) is 0 Å². The number of carbonyl (C=O) groups excluding carboxylic acids is 1. The topological polar surface area (TPSA) is 38.1 Å². The summed E-state index contributed by atoms with van der Waals surface area (Å²) in [6, 6.07) is 17.2. The third-order valence-electron chi connectivity index (χ3n) is 5.70. The van der Waals surface area contributed by atoms with Gasteiger partial charge in [-0.3, -0.25) is 4.79 Å². The Morgan fingerprint density at radius 2 is 1.74 bits per heavy atom.